The predicted molar refractivity (Wildman–Crippen MR) is 96.0 cm³/mol. The summed E-state index contributed by atoms with van der Waals surface area (Å²) >= 11 is 0. The van der Waals surface area contributed by atoms with Gasteiger partial charge in [-0.1, -0.05) is 18.2 Å². The maximum absolute atomic E-state index is 12.7. The van der Waals surface area contributed by atoms with E-state index >= 15 is 0 Å². The van der Waals surface area contributed by atoms with Crippen LogP contribution < -0.4 is 15.8 Å². The number of carbonyl (C=O) groups excluding carboxylic acids is 1. The second-order valence-electron chi connectivity index (χ2n) is 6.60. The Kier molecular flexibility index (Phi) is 3.91. The Balaban J connectivity index is 1.50. The highest BCUT2D eigenvalue weighted by atomic mass is 16.2. The number of nitrogens with zero attached hydrogens (tertiary/aromatic N) is 4. The van der Waals surface area contributed by atoms with Crippen molar-refractivity contribution in [3.63, 3.8) is 0 Å². The van der Waals surface area contributed by atoms with Gasteiger partial charge in [0.2, 0.25) is 5.82 Å². The molecule has 2 aliphatic heterocycles. The molecule has 3 heterocycles. The Morgan fingerprint density at radius 1 is 1.28 bits per heavy atom. The molecule has 7 nitrogen and oxygen atoms in total. The summed E-state index contributed by atoms with van der Waals surface area (Å²) in [5, 5.41) is 2.67. The van der Waals surface area contributed by atoms with Gasteiger partial charge in [0.05, 0.1) is 6.04 Å². The number of anilines is 2. The molecule has 1 aromatic heterocycles. The van der Waals surface area contributed by atoms with E-state index in [0.29, 0.717) is 13.1 Å². The van der Waals surface area contributed by atoms with Crippen molar-refractivity contribution in [3.8, 4) is 0 Å². The third-order valence-corrected chi connectivity index (χ3v) is 4.98. The molecule has 1 aromatic carbocycles. The van der Waals surface area contributed by atoms with Crippen LogP contribution in [0.25, 0.3) is 0 Å². The van der Waals surface area contributed by atoms with Crippen LogP contribution in [0.5, 0.6) is 0 Å². The van der Waals surface area contributed by atoms with Crippen molar-refractivity contribution in [3.05, 3.63) is 52.6 Å². The third-order valence-electron chi connectivity index (χ3n) is 4.98. The van der Waals surface area contributed by atoms with Crippen LogP contribution in [0.15, 0.2) is 41.5 Å². The molecule has 0 spiro atoms. The summed E-state index contributed by atoms with van der Waals surface area (Å²) in [6.45, 7) is 2.26. The number of aryl methyl sites for hydroxylation is 1. The predicted octanol–water partition coefficient (Wildman–Crippen LogP) is 1.45. The number of carbonyl (C=O) groups is 1. The summed E-state index contributed by atoms with van der Waals surface area (Å²) in [6, 6.07) is 8.47. The number of para-hydroxylation sites is 1. The molecule has 1 saturated heterocycles. The summed E-state index contributed by atoms with van der Waals surface area (Å²) in [7, 11) is 1.64. The first-order valence-corrected chi connectivity index (χ1v) is 8.55. The molecule has 4 rings (SSSR count). The van der Waals surface area contributed by atoms with Crippen molar-refractivity contribution in [2.45, 2.75) is 18.9 Å². The number of rotatable bonds is 1. The van der Waals surface area contributed by atoms with E-state index in [0.717, 1.165) is 19.4 Å². The Labute approximate surface area is 145 Å². The van der Waals surface area contributed by atoms with E-state index in [-0.39, 0.29) is 23.5 Å². The molecule has 2 aromatic rings. The van der Waals surface area contributed by atoms with Crippen molar-refractivity contribution in [2.24, 2.45) is 7.05 Å². The van der Waals surface area contributed by atoms with Crippen LogP contribution >= 0.6 is 0 Å². The van der Waals surface area contributed by atoms with Gasteiger partial charge in [-0.05, 0) is 24.5 Å². The fraction of sp³-hybridized carbons (Fsp3) is 0.389. The second-order valence-corrected chi connectivity index (χ2v) is 6.60. The Bertz CT molecular complexity index is 863. The summed E-state index contributed by atoms with van der Waals surface area (Å²) in [5.41, 5.74) is 2.32. The van der Waals surface area contributed by atoms with Gasteiger partial charge in [0.15, 0.2) is 0 Å². The molecule has 1 atom stereocenters. The standard InChI is InChI=1S/C18H21N5O2/c1-21-10-7-19-16(17(21)24)20-18(25)22-8-4-9-23-14(12-22)11-13-5-2-3-6-15(13)23/h2-3,5-7,10,14H,4,8-9,11-12H2,1H3,(H,19,20,25)/t14-/m0/s1. The molecule has 1 N–H and O–H groups in total. The quantitative estimate of drug-likeness (QED) is 0.854. The molecule has 0 unspecified atom stereocenters. The smallest absolute Gasteiger partial charge is 0.323 e. The highest BCUT2D eigenvalue weighted by Gasteiger charge is 2.33. The molecule has 0 aliphatic carbocycles. The Morgan fingerprint density at radius 2 is 2.12 bits per heavy atom. The van der Waals surface area contributed by atoms with E-state index in [9.17, 15) is 9.59 Å². The van der Waals surface area contributed by atoms with Gasteiger partial charge in [0.1, 0.15) is 0 Å². The number of nitrogens with one attached hydrogen (secondary N) is 1. The highest BCUT2D eigenvalue weighted by Crippen LogP contribution is 2.33. The second kappa shape index (κ2) is 6.23. The van der Waals surface area contributed by atoms with Crippen LogP contribution in [-0.4, -0.2) is 46.2 Å². The molecule has 0 bridgehead atoms. The maximum atomic E-state index is 12.7. The minimum atomic E-state index is -0.305. The van der Waals surface area contributed by atoms with Gasteiger partial charge >= 0.3 is 6.03 Å². The van der Waals surface area contributed by atoms with E-state index in [4.69, 9.17) is 0 Å². The SMILES string of the molecule is Cn1ccnc(NC(=O)N2CCCN3c4ccccc4C[C@H]3C2)c1=O. The van der Waals surface area contributed by atoms with Crippen LogP contribution in [0.4, 0.5) is 16.3 Å². The summed E-state index contributed by atoms with van der Waals surface area (Å²) in [4.78, 5) is 32.9. The van der Waals surface area contributed by atoms with Gasteiger partial charge in [0, 0.05) is 44.8 Å². The maximum Gasteiger partial charge on any atom is 0.323 e. The van der Waals surface area contributed by atoms with Gasteiger partial charge in [0.25, 0.3) is 5.56 Å². The first-order valence-electron chi connectivity index (χ1n) is 8.55. The number of aromatic nitrogens is 2. The van der Waals surface area contributed by atoms with Crippen molar-refractivity contribution < 1.29 is 4.79 Å². The minimum Gasteiger partial charge on any atom is -0.366 e. The fourth-order valence-corrected chi connectivity index (χ4v) is 3.72. The highest BCUT2D eigenvalue weighted by molar-refractivity contribution is 5.88. The van der Waals surface area contributed by atoms with E-state index in [1.54, 1.807) is 18.1 Å². The van der Waals surface area contributed by atoms with E-state index in [1.807, 2.05) is 0 Å². The molecule has 2 amide bonds. The number of fused-ring (bicyclic) bond motifs is 3. The van der Waals surface area contributed by atoms with Gasteiger partial charge < -0.3 is 14.4 Å². The lowest BCUT2D eigenvalue weighted by molar-refractivity contribution is 0.211. The van der Waals surface area contributed by atoms with Gasteiger partial charge in [-0.3, -0.25) is 10.1 Å². The lowest BCUT2D eigenvalue weighted by Crippen LogP contribution is -2.43. The number of hydrogen-bond acceptors (Lipinski definition) is 4. The zero-order chi connectivity index (χ0) is 17.4. The van der Waals surface area contributed by atoms with E-state index in [1.165, 1.54) is 22.0 Å². The topological polar surface area (TPSA) is 70.5 Å². The summed E-state index contributed by atoms with van der Waals surface area (Å²) in [6.07, 6.45) is 4.93. The van der Waals surface area contributed by atoms with Crippen molar-refractivity contribution in [2.75, 3.05) is 29.9 Å². The normalized spacial score (nSPS) is 19.2. The molecule has 25 heavy (non-hydrogen) atoms. The van der Waals surface area contributed by atoms with Crippen molar-refractivity contribution in [1.29, 1.82) is 0 Å². The lowest BCUT2D eigenvalue weighted by atomic mass is 10.1. The van der Waals surface area contributed by atoms with E-state index < -0.39 is 0 Å². The molecule has 130 valence electrons. The molecule has 1 fully saturated rings. The average Bonchev–Trinajstić information content (AvgIpc) is 2.81. The number of benzene rings is 1. The molecule has 0 saturated carbocycles. The first-order chi connectivity index (χ1) is 12.1. The third kappa shape index (κ3) is 2.86. The Hall–Kier alpha value is -2.83. The summed E-state index contributed by atoms with van der Waals surface area (Å²) < 4.78 is 1.40. The molecule has 2 aliphatic rings. The van der Waals surface area contributed by atoms with Crippen molar-refractivity contribution >= 4 is 17.5 Å². The number of urea groups is 1. The van der Waals surface area contributed by atoms with Gasteiger partial charge in [-0.15, -0.1) is 0 Å². The average molecular weight is 339 g/mol. The van der Waals surface area contributed by atoms with Crippen LogP contribution in [-0.2, 0) is 13.5 Å². The van der Waals surface area contributed by atoms with Gasteiger partial charge in [-0.2, -0.15) is 0 Å². The summed E-state index contributed by atoms with van der Waals surface area (Å²) in [5.74, 6) is 0.0748. The number of hydrogen-bond donors (Lipinski definition) is 1. The number of amides is 2. The molecule has 7 heteroatoms. The zero-order valence-electron chi connectivity index (χ0n) is 14.2. The zero-order valence-corrected chi connectivity index (χ0v) is 14.2. The van der Waals surface area contributed by atoms with Crippen LogP contribution in [0.1, 0.15) is 12.0 Å². The minimum absolute atomic E-state index is 0.0748. The largest absolute Gasteiger partial charge is 0.366 e. The van der Waals surface area contributed by atoms with E-state index in [2.05, 4.69) is 39.5 Å². The first kappa shape index (κ1) is 15.7. The van der Waals surface area contributed by atoms with Crippen LogP contribution in [0.3, 0.4) is 0 Å². The molecular formula is C18H21N5O2. The monoisotopic (exact) mass is 339 g/mol. The van der Waals surface area contributed by atoms with Crippen LogP contribution in [0, 0.1) is 0 Å². The molecule has 0 radical (unpaired) electrons. The van der Waals surface area contributed by atoms with Crippen molar-refractivity contribution in [1.82, 2.24) is 14.5 Å². The lowest BCUT2D eigenvalue weighted by Gasteiger charge is -2.27. The van der Waals surface area contributed by atoms with Gasteiger partial charge in [-0.25, -0.2) is 9.78 Å². The molecular weight excluding hydrogens is 318 g/mol. The van der Waals surface area contributed by atoms with Crippen LogP contribution in [0.2, 0.25) is 0 Å². The Morgan fingerprint density at radius 3 is 3.00 bits per heavy atom. The fourth-order valence-electron chi connectivity index (χ4n) is 3.72.